The van der Waals surface area contributed by atoms with Crippen molar-refractivity contribution in [2.75, 3.05) is 6.54 Å². The Morgan fingerprint density at radius 1 is 1.36 bits per heavy atom. The molecule has 1 nitrogen and oxygen atoms in total. The molecular weight excluding hydrogens is 184 g/mol. The van der Waals surface area contributed by atoms with Crippen LogP contribution in [-0.2, 0) is 6.54 Å². The SMILES string of the molecule is C=C(C)CNCc1c(F)cccc1F. The molecule has 0 bridgehead atoms. The zero-order valence-corrected chi connectivity index (χ0v) is 8.11. The van der Waals surface area contributed by atoms with Crippen LogP contribution in [0.3, 0.4) is 0 Å². The number of nitrogens with one attached hydrogen (secondary N) is 1. The van der Waals surface area contributed by atoms with Crippen LogP contribution >= 0.6 is 0 Å². The van der Waals surface area contributed by atoms with Crippen molar-refractivity contribution < 1.29 is 8.78 Å². The smallest absolute Gasteiger partial charge is 0.130 e. The highest BCUT2D eigenvalue weighted by Gasteiger charge is 2.06. The third-order valence-corrected chi connectivity index (χ3v) is 1.79. The summed E-state index contributed by atoms with van der Waals surface area (Å²) >= 11 is 0. The van der Waals surface area contributed by atoms with Crippen LogP contribution in [0.4, 0.5) is 8.78 Å². The highest BCUT2D eigenvalue weighted by Crippen LogP contribution is 2.11. The first-order valence-electron chi connectivity index (χ1n) is 4.39. The number of halogens is 2. The van der Waals surface area contributed by atoms with Crippen molar-refractivity contribution in [2.45, 2.75) is 13.5 Å². The summed E-state index contributed by atoms with van der Waals surface area (Å²) in [5.41, 5.74) is 1.01. The summed E-state index contributed by atoms with van der Waals surface area (Å²) in [4.78, 5) is 0. The van der Waals surface area contributed by atoms with E-state index in [1.165, 1.54) is 18.2 Å². The van der Waals surface area contributed by atoms with Gasteiger partial charge in [-0.1, -0.05) is 18.2 Å². The molecule has 0 heterocycles. The summed E-state index contributed by atoms with van der Waals surface area (Å²) in [6.45, 7) is 6.28. The fraction of sp³-hybridized carbons (Fsp3) is 0.273. The molecule has 0 saturated heterocycles. The van der Waals surface area contributed by atoms with Crippen molar-refractivity contribution in [1.82, 2.24) is 5.32 Å². The molecule has 0 unspecified atom stereocenters. The number of benzene rings is 1. The van der Waals surface area contributed by atoms with E-state index in [0.717, 1.165) is 5.57 Å². The van der Waals surface area contributed by atoms with Gasteiger partial charge in [0.05, 0.1) is 0 Å². The lowest BCUT2D eigenvalue weighted by Crippen LogP contribution is -2.17. The van der Waals surface area contributed by atoms with Crippen LogP contribution in [0.15, 0.2) is 30.4 Å². The Morgan fingerprint density at radius 3 is 2.43 bits per heavy atom. The van der Waals surface area contributed by atoms with Crippen LogP contribution in [0.1, 0.15) is 12.5 Å². The largest absolute Gasteiger partial charge is 0.309 e. The van der Waals surface area contributed by atoms with Crippen LogP contribution in [-0.4, -0.2) is 6.54 Å². The lowest BCUT2D eigenvalue weighted by molar-refractivity contribution is 0.541. The van der Waals surface area contributed by atoms with Crippen LogP contribution in [0.2, 0.25) is 0 Å². The van der Waals surface area contributed by atoms with E-state index in [2.05, 4.69) is 11.9 Å². The molecule has 1 aromatic rings. The summed E-state index contributed by atoms with van der Waals surface area (Å²) in [7, 11) is 0. The van der Waals surface area contributed by atoms with E-state index >= 15 is 0 Å². The first kappa shape index (κ1) is 10.9. The Morgan fingerprint density at radius 2 is 1.93 bits per heavy atom. The third-order valence-electron chi connectivity index (χ3n) is 1.79. The summed E-state index contributed by atoms with van der Waals surface area (Å²) < 4.78 is 26.1. The molecule has 0 saturated carbocycles. The van der Waals surface area contributed by atoms with Gasteiger partial charge in [0.1, 0.15) is 11.6 Å². The van der Waals surface area contributed by atoms with Crippen molar-refractivity contribution in [3.63, 3.8) is 0 Å². The van der Waals surface area contributed by atoms with Gasteiger partial charge in [0, 0.05) is 18.7 Å². The molecule has 0 aliphatic carbocycles. The molecule has 0 spiro atoms. The zero-order valence-electron chi connectivity index (χ0n) is 8.11. The van der Waals surface area contributed by atoms with Gasteiger partial charge >= 0.3 is 0 Å². The van der Waals surface area contributed by atoms with Gasteiger partial charge in [0.2, 0.25) is 0 Å². The molecule has 1 aromatic carbocycles. The second-order valence-electron chi connectivity index (χ2n) is 3.26. The van der Waals surface area contributed by atoms with Gasteiger partial charge in [0.15, 0.2) is 0 Å². The number of rotatable bonds is 4. The molecule has 1 rings (SSSR count). The Kier molecular flexibility index (Phi) is 3.77. The van der Waals surface area contributed by atoms with Gasteiger partial charge < -0.3 is 5.32 Å². The Hall–Kier alpha value is -1.22. The van der Waals surface area contributed by atoms with Gasteiger partial charge in [-0.3, -0.25) is 0 Å². The first-order valence-corrected chi connectivity index (χ1v) is 4.39. The summed E-state index contributed by atoms with van der Waals surface area (Å²) in [6.07, 6.45) is 0. The summed E-state index contributed by atoms with van der Waals surface area (Å²) in [5.74, 6) is -1.03. The molecule has 0 atom stereocenters. The van der Waals surface area contributed by atoms with Crippen LogP contribution in [0.5, 0.6) is 0 Å². The Bertz CT molecular complexity index is 314. The molecule has 3 heteroatoms. The average molecular weight is 197 g/mol. The lowest BCUT2D eigenvalue weighted by Gasteiger charge is -2.06. The quantitative estimate of drug-likeness (QED) is 0.732. The summed E-state index contributed by atoms with van der Waals surface area (Å²) in [5, 5.41) is 2.90. The van der Waals surface area contributed by atoms with E-state index < -0.39 is 11.6 Å². The fourth-order valence-electron chi connectivity index (χ4n) is 1.10. The van der Waals surface area contributed by atoms with Crippen molar-refractivity contribution >= 4 is 0 Å². The second-order valence-corrected chi connectivity index (χ2v) is 3.26. The molecule has 0 aliphatic rings. The van der Waals surface area contributed by atoms with Crippen molar-refractivity contribution in [3.8, 4) is 0 Å². The van der Waals surface area contributed by atoms with Crippen LogP contribution in [0, 0.1) is 11.6 Å². The molecular formula is C11H13F2N. The monoisotopic (exact) mass is 197 g/mol. The first-order chi connectivity index (χ1) is 6.61. The predicted octanol–water partition coefficient (Wildman–Crippen LogP) is 2.63. The van der Waals surface area contributed by atoms with E-state index in [4.69, 9.17) is 0 Å². The molecule has 0 fully saturated rings. The van der Waals surface area contributed by atoms with E-state index in [1.54, 1.807) is 0 Å². The van der Waals surface area contributed by atoms with Gasteiger partial charge in [-0.05, 0) is 19.1 Å². The van der Waals surface area contributed by atoms with Crippen molar-refractivity contribution in [1.29, 1.82) is 0 Å². The second kappa shape index (κ2) is 4.86. The predicted molar refractivity (Wildman–Crippen MR) is 52.9 cm³/mol. The van der Waals surface area contributed by atoms with Crippen LogP contribution in [0.25, 0.3) is 0 Å². The topological polar surface area (TPSA) is 12.0 Å². The van der Waals surface area contributed by atoms with E-state index in [1.807, 2.05) is 6.92 Å². The minimum absolute atomic E-state index is 0.0775. The molecule has 76 valence electrons. The molecule has 0 radical (unpaired) electrons. The molecule has 1 N–H and O–H groups in total. The number of hydrogen-bond acceptors (Lipinski definition) is 1. The third kappa shape index (κ3) is 2.92. The maximum atomic E-state index is 13.1. The van der Waals surface area contributed by atoms with E-state index in [9.17, 15) is 8.78 Å². The standard InChI is InChI=1S/C11H13F2N/c1-8(2)6-14-7-9-10(12)4-3-5-11(9)13/h3-5,14H,1,6-7H2,2H3. The summed E-state index contributed by atoms with van der Waals surface area (Å²) in [6, 6.07) is 3.86. The molecule has 0 amide bonds. The fourth-order valence-corrected chi connectivity index (χ4v) is 1.10. The highest BCUT2D eigenvalue weighted by atomic mass is 19.1. The minimum Gasteiger partial charge on any atom is -0.309 e. The molecule has 0 aliphatic heterocycles. The molecule has 14 heavy (non-hydrogen) atoms. The van der Waals surface area contributed by atoms with Gasteiger partial charge in [-0.15, -0.1) is 0 Å². The zero-order chi connectivity index (χ0) is 10.6. The Labute approximate surface area is 82.4 Å². The van der Waals surface area contributed by atoms with Crippen molar-refractivity contribution in [2.24, 2.45) is 0 Å². The lowest BCUT2D eigenvalue weighted by atomic mass is 10.2. The van der Waals surface area contributed by atoms with Gasteiger partial charge in [-0.25, -0.2) is 8.78 Å². The van der Waals surface area contributed by atoms with Crippen LogP contribution < -0.4 is 5.32 Å². The maximum Gasteiger partial charge on any atom is 0.130 e. The normalized spacial score (nSPS) is 10.2. The number of hydrogen-bond donors (Lipinski definition) is 1. The Balaban J connectivity index is 2.62. The minimum atomic E-state index is -0.515. The van der Waals surface area contributed by atoms with Crippen molar-refractivity contribution in [3.05, 3.63) is 47.5 Å². The average Bonchev–Trinajstić information content (AvgIpc) is 2.09. The van der Waals surface area contributed by atoms with E-state index in [-0.39, 0.29) is 12.1 Å². The van der Waals surface area contributed by atoms with E-state index in [0.29, 0.717) is 6.54 Å². The highest BCUT2D eigenvalue weighted by molar-refractivity contribution is 5.19. The van der Waals surface area contributed by atoms with Gasteiger partial charge in [0.25, 0.3) is 0 Å². The van der Waals surface area contributed by atoms with Gasteiger partial charge in [-0.2, -0.15) is 0 Å². The maximum absolute atomic E-state index is 13.1. The molecule has 0 aromatic heterocycles.